The van der Waals surface area contributed by atoms with Gasteiger partial charge in [0.05, 0.1) is 22.3 Å². The molecule has 1 atom stereocenters. The van der Waals surface area contributed by atoms with E-state index in [1.807, 2.05) is 0 Å². The summed E-state index contributed by atoms with van der Waals surface area (Å²) in [7, 11) is -3.50. The van der Waals surface area contributed by atoms with Gasteiger partial charge in [0.2, 0.25) is 0 Å². The van der Waals surface area contributed by atoms with Gasteiger partial charge in [0.15, 0.2) is 9.84 Å². The molecule has 5 nitrogen and oxygen atoms in total. The van der Waals surface area contributed by atoms with Gasteiger partial charge in [-0.3, -0.25) is 0 Å². The lowest BCUT2D eigenvalue weighted by Gasteiger charge is -2.10. The van der Waals surface area contributed by atoms with Gasteiger partial charge < -0.3 is 9.84 Å². The van der Waals surface area contributed by atoms with E-state index in [0.29, 0.717) is 10.9 Å². The van der Waals surface area contributed by atoms with Crippen LogP contribution in [0.1, 0.15) is 36.0 Å². The highest BCUT2D eigenvalue weighted by Gasteiger charge is 2.21. The van der Waals surface area contributed by atoms with E-state index in [9.17, 15) is 13.2 Å². The summed E-state index contributed by atoms with van der Waals surface area (Å²) < 4.78 is 30.5. The molecule has 0 bridgehead atoms. The summed E-state index contributed by atoms with van der Waals surface area (Å²) in [6.07, 6.45) is 3.41. The van der Waals surface area contributed by atoms with Gasteiger partial charge in [0.25, 0.3) is 0 Å². The molecule has 1 aliphatic rings. The molecule has 1 aromatic carbocycles. The Balaban J connectivity index is 2.07. The Morgan fingerprint density at radius 1 is 1.43 bits per heavy atom. The number of carboxylic acids is 1. The van der Waals surface area contributed by atoms with E-state index in [1.165, 1.54) is 18.2 Å². The van der Waals surface area contributed by atoms with Crippen LogP contribution in [0.5, 0.6) is 0 Å². The predicted molar refractivity (Wildman–Crippen MR) is 81.4 cm³/mol. The molecule has 0 saturated carbocycles. The molecule has 2 rings (SSSR count). The van der Waals surface area contributed by atoms with Gasteiger partial charge in [0, 0.05) is 11.1 Å². The number of sulfone groups is 1. The van der Waals surface area contributed by atoms with Crippen LogP contribution in [-0.2, 0) is 14.6 Å². The Labute approximate surface area is 132 Å². The fourth-order valence-electron chi connectivity index (χ4n) is 2.36. The van der Waals surface area contributed by atoms with Crippen LogP contribution in [0.15, 0.2) is 27.6 Å². The Kier molecular flexibility index (Phi) is 5.40. The van der Waals surface area contributed by atoms with Gasteiger partial charge in [-0.2, -0.15) is 0 Å². The molecule has 1 N–H and O–H groups in total. The van der Waals surface area contributed by atoms with E-state index in [0.717, 1.165) is 25.9 Å². The van der Waals surface area contributed by atoms with Crippen LogP contribution in [-0.4, -0.2) is 38.0 Å². The largest absolute Gasteiger partial charge is 0.478 e. The molecular formula is C14H17BrO5S. The van der Waals surface area contributed by atoms with E-state index in [4.69, 9.17) is 9.84 Å². The van der Waals surface area contributed by atoms with Gasteiger partial charge in [-0.15, -0.1) is 0 Å². The number of aromatic carboxylic acids is 1. The Bertz CT molecular complexity index is 620. The molecule has 7 heteroatoms. The molecule has 1 heterocycles. The van der Waals surface area contributed by atoms with Crippen molar-refractivity contribution < 1.29 is 23.1 Å². The van der Waals surface area contributed by atoms with Crippen molar-refractivity contribution in [3.05, 3.63) is 28.2 Å². The topological polar surface area (TPSA) is 80.7 Å². The Morgan fingerprint density at radius 2 is 2.19 bits per heavy atom. The molecule has 0 aromatic heterocycles. The molecule has 0 amide bonds. The van der Waals surface area contributed by atoms with Gasteiger partial charge in [-0.25, -0.2) is 13.2 Å². The number of rotatable bonds is 6. The average Bonchev–Trinajstić information content (AvgIpc) is 2.91. The van der Waals surface area contributed by atoms with Crippen molar-refractivity contribution in [3.8, 4) is 0 Å². The lowest BCUT2D eigenvalue weighted by atomic mass is 10.1. The molecule has 1 aliphatic heterocycles. The van der Waals surface area contributed by atoms with Crippen molar-refractivity contribution in [1.82, 2.24) is 0 Å². The van der Waals surface area contributed by atoms with E-state index >= 15 is 0 Å². The summed E-state index contributed by atoms with van der Waals surface area (Å²) >= 11 is 3.18. The number of hydrogen-bond acceptors (Lipinski definition) is 4. The zero-order chi connectivity index (χ0) is 15.5. The zero-order valence-corrected chi connectivity index (χ0v) is 13.8. The minimum absolute atomic E-state index is 0.00542. The van der Waals surface area contributed by atoms with E-state index < -0.39 is 15.8 Å². The van der Waals surface area contributed by atoms with Crippen LogP contribution >= 0.6 is 15.9 Å². The first kappa shape index (κ1) is 16.5. The van der Waals surface area contributed by atoms with Crippen molar-refractivity contribution in [1.29, 1.82) is 0 Å². The summed E-state index contributed by atoms with van der Waals surface area (Å²) in [5.74, 6) is -1.15. The minimum atomic E-state index is -3.50. The molecule has 1 aromatic rings. The van der Waals surface area contributed by atoms with Crippen LogP contribution in [0.3, 0.4) is 0 Å². The first-order chi connectivity index (χ1) is 9.90. The molecule has 116 valence electrons. The quantitative estimate of drug-likeness (QED) is 0.825. The van der Waals surface area contributed by atoms with Gasteiger partial charge >= 0.3 is 5.97 Å². The molecule has 0 aliphatic carbocycles. The van der Waals surface area contributed by atoms with Crippen LogP contribution < -0.4 is 0 Å². The van der Waals surface area contributed by atoms with E-state index in [1.54, 1.807) is 0 Å². The van der Waals surface area contributed by atoms with Gasteiger partial charge in [-0.1, -0.05) is 0 Å². The molecule has 21 heavy (non-hydrogen) atoms. The second-order valence-corrected chi connectivity index (χ2v) is 7.98. The van der Waals surface area contributed by atoms with Crippen molar-refractivity contribution in [2.24, 2.45) is 0 Å². The molecule has 0 spiro atoms. The first-order valence-electron chi connectivity index (χ1n) is 6.77. The minimum Gasteiger partial charge on any atom is -0.478 e. The fourth-order valence-corrected chi connectivity index (χ4v) is 4.78. The second-order valence-electron chi connectivity index (χ2n) is 5.05. The number of halogens is 1. The molecule has 1 unspecified atom stereocenters. The number of carboxylic acid groups (broad SMARTS) is 1. The monoisotopic (exact) mass is 376 g/mol. The first-order valence-corrected chi connectivity index (χ1v) is 9.22. The zero-order valence-electron chi connectivity index (χ0n) is 11.4. The number of ether oxygens (including phenoxy) is 1. The fraction of sp³-hybridized carbons (Fsp3) is 0.500. The summed E-state index contributed by atoms with van der Waals surface area (Å²) in [4.78, 5) is 11.0. The maximum absolute atomic E-state index is 12.3. The Hall–Kier alpha value is -0.920. The number of carbonyl (C=O) groups is 1. The SMILES string of the molecule is O=C(O)c1ccc(Br)c(S(=O)(=O)CCCC2CCCO2)c1. The van der Waals surface area contributed by atoms with E-state index in [2.05, 4.69) is 15.9 Å². The van der Waals surface area contributed by atoms with E-state index in [-0.39, 0.29) is 22.3 Å². The molecule has 1 fully saturated rings. The van der Waals surface area contributed by atoms with Crippen molar-refractivity contribution >= 4 is 31.7 Å². The highest BCUT2D eigenvalue weighted by atomic mass is 79.9. The number of benzene rings is 1. The average molecular weight is 377 g/mol. The van der Waals surface area contributed by atoms with Crippen LogP contribution in [0.4, 0.5) is 0 Å². The smallest absolute Gasteiger partial charge is 0.335 e. The number of hydrogen-bond donors (Lipinski definition) is 1. The van der Waals surface area contributed by atoms with Crippen molar-refractivity contribution in [3.63, 3.8) is 0 Å². The van der Waals surface area contributed by atoms with Gasteiger partial charge in [-0.05, 0) is 59.8 Å². The van der Waals surface area contributed by atoms with Gasteiger partial charge in [0.1, 0.15) is 0 Å². The summed E-state index contributed by atoms with van der Waals surface area (Å²) in [6, 6.07) is 4.03. The predicted octanol–water partition coefficient (Wildman–Crippen LogP) is 2.88. The summed E-state index contributed by atoms with van der Waals surface area (Å²) in [5.41, 5.74) is -0.0316. The van der Waals surface area contributed by atoms with Crippen LogP contribution in [0.2, 0.25) is 0 Å². The maximum atomic E-state index is 12.3. The van der Waals surface area contributed by atoms with Crippen LogP contribution in [0.25, 0.3) is 0 Å². The second kappa shape index (κ2) is 6.89. The summed E-state index contributed by atoms with van der Waals surface area (Å²) in [5, 5.41) is 8.96. The molecule has 1 saturated heterocycles. The molecular weight excluding hydrogens is 360 g/mol. The standard InChI is InChI=1S/C14H17BrO5S/c15-12-6-5-10(14(16)17)9-13(12)21(18,19)8-2-4-11-3-1-7-20-11/h5-6,9,11H,1-4,7-8H2,(H,16,17). The molecule has 0 radical (unpaired) electrons. The Morgan fingerprint density at radius 3 is 2.81 bits per heavy atom. The maximum Gasteiger partial charge on any atom is 0.335 e. The highest BCUT2D eigenvalue weighted by Crippen LogP contribution is 2.26. The third-order valence-electron chi connectivity index (χ3n) is 3.48. The third kappa shape index (κ3) is 4.28. The lowest BCUT2D eigenvalue weighted by molar-refractivity contribution is 0.0696. The summed E-state index contributed by atoms with van der Waals surface area (Å²) in [6.45, 7) is 0.754. The highest BCUT2D eigenvalue weighted by molar-refractivity contribution is 9.10. The van der Waals surface area contributed by atoms with Crippen molar-refractivity contribution in [2.75, 3.05) is 12.4 Å². The van der Waals surface area contributed by atoms with Crippen LogP contribution in [0, 0.1) is 0 Å². The third-order valence-corrected chi connectivity index (χ3v) is 6.26. The lowest BCUT2D eigenvalue weighted by Crippen LogP contribution is -2.12. The normalized spacial score (nSPS) is 18.8. The van der Waals surface area contributed by atoms with Crippen molar-refractivity contribution in [2.45, 2.75) is 36.7 Å².